The summed E-state index contributed by atoms with van der Waals surface area (Å²) in [5.41, 5.74) is 4.79. The number of aliphatic hydroxyl groups is 1. The molecule has 0 aliphatic carbocycles. The Bertz CT molecular complexity index is 789. The van der Waals surface area contributed by atoms with Gasteiger partial charge in [0.25, 0.3) is 0 Å². The number of halogens is 6. The van der Waals surface area contributed by atoms with E-state index in [9.17, 15) is 36.5 Å². The van der Waals surface area contributed by atoms with Gasteiger partial charge in [0.1, 0.15) is 11.9 Å². The van der Waals surface area contributed by atoms with Gasteiger partial charge in [-0.05, 0) is 0 Å². The summed E-state index contributed by atoms with van der Waals surface area (Å²) in [4.78, 5) is 16.5. The minimum Gasteiger partial charge on any atom is -0.482 e. The van der Waals surface area contributed by atoms with Crippen LogP contribution in [0.5, 0.6) is 11.5 Å². The first-order valence-corrected chi connectivity index (χ1v) is 7.51. The van der Waals surface area contributed by atoms with Crippen molar-refractivity contribution in [2.45, 2.75) is 12.4 Å². The molecule has 15 heteroatoms. The second-order valence-corrected chi connectivity index (χ2v) is 4.82. The monoisotopic (exact) mass is 446 g/mol. The van der Waals surface area contributed by atoms with Crippen molar-refractivity contribution in [2.75, 3.05) is 26.1 Å². The van der Waals surface area contributed by atoms with Crippen LogP contribution in [0, 0.1) is 10.1 Å². The maximum Gasteiger partial charge on any atom is 0.422 e. The molecule has 0 spiro atoms. The van der Waals surface area contributed by atoms with E-state index in [1.54, 1.807) is 0 Å². The minimum absolute atomic E-state index is 0.00711. The molecule has 0 fully saturated rings. The molecule has 0 aromatic carbocycles. The van der Waals surface area contributed by atoms with E-state index < -0.39 is 41.9 Å². The summed E-state index contributed by atoms with van der Waals surface area (Å²) < 4.78 is 79.0. The third-order valence-electron chi connectivity index (χ3n) is 2.55. The molecular formula is C15H16F6N4O5. The molecule has 0 amide bonds. The predicted octanol–water partition coefficient (Wildman–Crippen LogP) is 3.14. The van der Waals surface area contributed by atoms with E-state index in [1.165, 1.54) is 18.5 Å². The van der Waals surface area contributed by atoms with Gasteiger partial charge in [-0.15, -0.1) is 0 Å². The highest BCUT2D eigenvalue weighted by atomic mass is 19.4. The zero-order valence-electron chi connectivity index (χ0n) is 15.1. The predicted molar refractivity (Wildman–Crippen MR) is 90.8 cm³/mol. The number of anilines is 1. The van der Waals surface area contributed by atoms with E-state index in [-0.39, 0.29) is 11.4 Å². The fourth-order valence-corrected chi connectivity index (χ4v) is 1.48. The summed E-state index contributed by atoms with van der Waals surface area (Å²) in [6.45, 7) is -2.92. The normalized spacial score (nSPS) is 10.7. The lowest BCUT2D eigenvalue weighted by molar-refractivity contribution is -0.386. The summed E-state index contributed by atoms with van der Waals surface area (Å²) in [5, 5.41) is 17.4. The van der Waals surface area contributed by atoms with Crippen LogP contribution in [-0.2, 0) is 0 Å². The lowest BCUT2D eigenvalue weighted by atomic mass is 10.4. The zero-order valence-corrected chi connectivity index (χ0v) is 15.1. The van der Waals surface area contributed by atoms with Crippen molar-refractivity contribution in [3.8, 4) is 11.5 Å². The average Bonchev–Trinajstić information content (AvgIpc) is 2.67. The number of alkyl halides is 6. The van der Waals surface area contributed by atoms with E-state index in [4.69, 9.17) is 10.8 Å². The third kappa shape index (κ3) is 11.5. The number of aromatic nitrogens is 2. The molecule has 0 saturated heterocycles. The van der Waals surface area contributed by atoms with Crippen molar-refractivity contribution in [3.63, 3.8) is 0 Å². The molecule has 3 N–H and O–H groups in total. The molecule has 0 saturated carbocycles. The Hall–Kier alpha value is -3.36. The quantitative estimate of drug-likeness (QED) is 0.407. The van der Waals surface area contributed by atoms with E-state index in [2.05, 4.69) is 19.4 Å². The molecule has 2 rings (SSSR count). The highest BCUT2D eigenvalue weighted by molar-refractivity contribution is 5.49. The first-order chi connectivity index (χ1) is 13.9. The van der Waals surface area contributed by atoms with Gasteiger partial charge in [-0.2, -0.15) is 26.3 Å². The van der Waals surface area contributed by atoms with Gasteiger partial charge < -0.3 is 20.3 Å². The number of aliphatic hydroxyl groups excluding tert-OH is 1. The van der Waals surface area contributed by atoms with Crippen LogP contribution in [0.1, 0.15) is 0 Å². The number of pyridine rings is 2. The summed E-state index contributed by atoms with van der Waals surface area (Å²) in [6.07, 6.45) is -4.41. The number of nitrogen functional groups attached to an aromatic ring is 1. The van der Waals surface area contributed by atoms with Gasteiger partial charge in [0.05, 0.1) is 16.8 Å². The number of hydrogen-bond acceptors (Lipinski definition) is 8. The third-order valence-corrected chi connectivity index (χ3v) is 2.55. The molecule has 2 aromatic rings. The molecule has 2 heterocycles. The highest BCUT2D eigenvalue weighted by Crippen LogP contribution is 2.26. The Morgan fingerprint density at radius 3 is 1.83 bits per heavy atom. The van der Waals surface area contributed by atoms with Crippen LogP contribution in [0.2, 0.25) is 0 Å². The summed E-state index contributed by atoms with van der Waals surface area (Å²) in [7, 11) is 1.00. The van der Waals surface area contributed by atoms with Gasteiger partial charge in [-0.1, -0.05) is 0 Å². The minimum atomic E-state index is -4.53. The summed E-state index contributed by atoms with van der Waals surface area (Å²) in [6, 6.07) is 2.28. The molecule has 30 heavy (non-hydrogen) atoms. The zero-order chi connectivity index (χ0) is 23.4. The first kappa shape index (κ1) is 26.6. The van der Waals surface area contributed by atoms with Gasteiger partial charge >= 0.3 is 18.0 Å². The SMILES string of the molecule is CO.Nc1cnccc1OCC(F)(F)F.O=[N+]([O-])c1cnccc1OCC(F)(F)F. The van der Waals surface area contributed by atoms with Gasteiger partial charge in [-0.3, -0.25) is 20.1 Å². The van der Waals surface area contributed by atoms with E-state index >= 15 is 0 Å². The Balaban J connectivity index is 0.000000522. The van der Waals surface area contributed by atoms with Crippen molar-refractivity contribution < 1.29 is 45.8 Å². The summed E-state index contributed by atoms with van der Waals surface area (Å²) in [5.74, 6) is -0.459. The Labute approximate surface area is 165 Å². The number of hydrogen-bond donors (Lipinski definition) is 2. The van der Waals surface area contributed by atoms with Crippen molar-refractivity contribution in [3.05, 3.63) is 47.0 Å². The number of nitro groups is 1. The number of nitrogens with zero attached hydrogens (tertiary/aromatic N) is 3. The van der Waals surface area contributed by atoms with Crippen LogP contribution in [0.15, 0.2) is 36.9 Å². The number of rotatable bonds is 5. The van der Waals surface area contributed by atoms with Crippen LogP contribution in [0.3, 0.4) is 0 Å². The molecular weight excluding hydrogens is 430 g/mol. The highest BCUT2D eigenvalue weighted by Gasteiger charge is 2.30. The van der Waals surface area contributed by atoms with E-state index in [0.717, 1.165) is 25.6 Å². The van der Waals surface area contributed by atoms with Crippen LogP contribution >= 0.6 is 0 Å². The van der Waals surface area contributed by atoms with Crippen molar-refractivity contribution >= 4 is 11.4 Å². The Morgan fingerprint density at radius 1 is 0.967 bits per heavy atom. The van der Waals surface area contributed by atoms with Crippen molar-refractivity contribution in [1.82, 2.24) is 9.97 Å². The lowest BCUT2D eigenvalue weighted by Gasteiger charge is -2.09. The van der Waals surface area contributed by atoms with Crippen molar-refractivity contribution in [2.24, 2.45) is 0 Å². The van der Waals surface area contributed by atoms with Crippen LogP contribution in [0.4, 0.5) is 37.7 Å². The second-order valence-electron chi connectivity index (χ2n) is 4.82. The second kappa shape index (κ2) is 12.3. The van der Waals surface area contributed by atoms with Crippen LogP contribution in [0.25, 0.3) is 0 Å². The number of ether oxygens (including phenoxy) is 2. The summed E-state index contributed by atoms with van der Waals surface area (Å²) >= 11 is 0. The lowest BCUT2D eigenvalue weighted by Crippen LogP contribution is -2.19. The van der Waals surface area contributed by atoms with Gasteiger partial charge in [-0.25, -0.2) is 0 Å². The molecule has 0 aliphatic heterocycles. The molecule has 0 aliphatic rings. The molecule has 2 aromatic heterocycles. The molecule has 0 bridgehead atoms. The largest absolute Gasteiger partial charge is 0.482 e. The van der Waals surface area contributed by atoms with E-state index in [1.807, 2.05) is 0 Å². The average molecular weight is 446 g/mol. The smallest absolute Gasteiger partial charge is 0.422 e. The van der Waals surface area contributed by atoms with Crippen molar-refractivity contribution in [1.29, 1.82) is 0 Å². The van der Waals surface area contributed by atoms with Crippen LogP contribution < -0.4 is 15.2 Å². The Kier molecular flexibility index (Phi) is 10.9. The Morgan fingerprint density at radius 2 is 1.40 bits per heavy atom. The first-order valence-electron chi connectivity index (χ1n) is 7.51. The molecule has 0 unspecified atom stereocenters. The molecule has 0 atom stereocenters. The maximum atomic E-state index is 11.8. The van der Waals surface area contributed by atoms with Gasteiger partial charge in [0.2, 0.25) is 5.75 Å². The molecule has 168 valence electrons. The maximum absolute atomic E-state index is 11.8. The van der Waals surface area contributed by atoms with Gasteiger partial charge in [0.15, 0.2) is 13.2 Å². The van der Waals surface area contributed by atoms with Gasteiger partial charge in [0, 0.05) is 31.6 Å². The van der Waals surface area contributed by atoms with E-state index in [0.29, 0.717) is 0 Å². The fraction of sp³-hybridized carbons (Fsp3) is 0.333. The fourth-order valence-electron chi connectivity index (χ4n) is 1.48. The molecule has 0 radical (unpaired) electrons. The topological polar surface area (TPSA) is 134 Å². The van der Waals surface area contributed by atoms with Crippen LogP contribution in [-0.4, -0.2) is 52.7 Å². The molecule has 9 nitrogen and oxygen atoms in total. The number of nitrogens with two attached hydrogens (primary N) is 1. The standard InChI is InChI=1S/C7H5F3N2O3.C7H7F3N2O.CH4O/c8-7(9,10)4-15-6-1-2-11-3-5(6)12(13)14;8-7(9,10)4-13-6-1-2-12-3-5(6)11;1-2/h1-3H,4H2;1-3H,4,11H2;2H,1H3.